The molecule has 102 valence electrons. The predicted molar refractivity (Wildman–Crippen MR) is 79.8 cm³/mol. The second-order valence-electron chi connectivity index (χ2n) is 3.91. The van der Waals surface area contributed by atoms with E-state index in [1.54, 1.807) is 18.5 Å². The van der Waals surface area contributed by atoms with Gasteiger partial charge in [0.2, 0.25) is 0 Å². The summed E-state index contributed by atoms with van der Waals surface area (Å²) in [5.41, 5.74) is 0.597. The van der Waals surface area contributed by atoms with Crippen LogP contribution >= 0.6 is 40.7 Å². The largest absolute Gasteiger partial charge is 0.348 e. The van der Waals surface area contributed by atoms with Crippen LogP contribution < -0.4 is 10.6 Å². The van der Waals surface area contributed by atoms with Gasteiger partial charge in [0, 0.05) is 29.5 Å². The summed E-state index contributed by atoms with van der Waals surface area (Å²) < 4.78 is 0.821. The Morgan fingerprint density at radius 3 is 2.83 bits per heavy atom. The molecular weight excluding hydrogens is 341 g/mol. The fraction of sp³-hybridized carbons (Fsp3) is 0.455. The lowest BCUT2D eigenvalue weighted by Gasteiger charge is -2.23. The Morgan fingerprint density at radius 1 is 1.44 bits per heavy atom. The van der Waals surface area contributed by atoms with Crippen LogP contribution in [-0.4, -0.2) is 30.0 Å². The molecule has 1 aromatic rings. The van der Waals surface area contributed by atoms with E-state index < -0.39 is 0 Å². The number of carbonyl (C=O) groups excluding carboxylic acids is 1. The van der Waals surface area contributed by atoms with Crippen LogP contribution in [0, 0.1) is 0 Å². The van der Waals surface area contributed by atoms with E-state index in [2.05, 4.69) is 31.5 Å². The molecule has 0 saturated carbocycles. The zero-order valence-electron chi connectivity index (χ0n) is 9.69. The normalized spacial score (nSPS) is 18.2. The number of rotatable bonds is 2. The van der Waals surface area contributed by atoms with E-state index in [9.17, 15) is 4.79 Å². The Labute approximate surface area is 127 Å². The minimum absolute atomic E-state index is 0. The van der Waals surface area contributed by atoms with E-state index in [-0.39, 0.29) is 36.8 Å². The number of nitrogens with one attached hydrogen (secondary N) is 2. The number of carbonyl (C=O) groups is 1. The van der Waals surface area contributed by atoms with Crippen molar-refractivity contribution < 1.29 is 4.79 Å². The summed E-state index contributed by atoms with van der Waals surface area (Å²) in [5, 5.41) is 6.26. The maximum absolute atomic E-state index is 11.9. The number of halogens is 3. The van der Waals surface area contributed by atoms with Crippen molar-refractivity contribution in [1.82, 2.24) is 15.6 Å². The summed E-state index contributed by atoms with van der Waals surface area (Å²) in [6.45, 7) is 1.90. The van der Waals surface area contributed by atoms with Gasteiger partial charge >= 0.3 is 0 Å². The highest BCUT2D eigenvalue weighted by Gasteiger charge is 2.16. The number of aromatic nitrogens is 1. The van der Waals surface area contributed by atoms with E-state index in [1.807, 2.05) is 0 Å². The molecule has 1 atom stereocenters. The maximum Gasteiger partial charge on any atom is 0.253 e. The molecule has 2 rings (SSSR count). The van der Waals surface area contributed by atoms with E-state index in [1.165, 1.54) is 0 Å². The summed E-state index contributed by atoms with van der Waals surface area (Å²) in [6.07, 6.45) is 5.40. The molecule has 18 heavy (non-hydrogen) atoms. The minimum atomic E-state index is -0.0532. The number of amides is 1. The minimum Gasteiger partial charge on any atom is -0.348 e. The third-order valence-corrected chi connectivity index (χ3v) is 3.03. The van der Waals surface area contributed by atoms with Crippen molar-refractivity contribution in [2.24, 2.45) is 0 Å². The summed E-state index contributed by atoms with van der Waals surface area (Å²) in [5.74, 6) is -0.0532. The lowest BCUT2D eigenvalue weighted by Crippen LogP contribution is -2.45. The van der Waals surface area contributed by atoms with E-state index in [4.69, 9.17) is 0 Å². The summed E-state index contributed by atoms with van der Waals surface area (Å²) >= 11 is 3.30. The molecule has 2 heterocycles. The fourth-order valence-corrected chi connectivity index (χ4v) is 2.14. The second-order valence-corrected chi connectivity index (χ2v) is 4.82. The van der Waals surface area contributed by atoms with Crippen molar-refractivity contribution in [2.75, 3.05) is 13.1 Å². The van der Waals surface area contributed by atoms with E-state index in [0.717, 1.165) is 30.4 Å². The number of piperidine rings is 1. The molecule has 1 aromatic heterocycles. The van der Waals surface area contributed by atoms with Crippen molar-refractivity contribution in [3.05, 3.63) is 28.5 Å². The number of hydrogen-bond donors (Lipinski definition) is 2. The molecule has 0 aliphatic carbocycles. The van der Waals surface area contributed by atoms with Crippen molar-refractivity contribution >= 4 is 46.7 Å². The molecule has 0 unspecified atom stereocenters. The Balaban J connectivity index is 0.00000144. The summed E-state index contributed by atoms with van der Waals surface area (Å²) in [7, 11) is 0. The van der Waals surface area contributed by atoms with Gasteiger partial charge in [-0.15, -0.1) is 24.8 Å². The Hall–Kier alpha value is -0.360. The Bertz CT molecular complexity index is 386. The van der Waals surface area contributed by atoms with Crippen LogP contribution in [0.4, 0.5) is 0 Å². The monoisotopic (exact) mass is 355 g/mol. The first-order chi connectivity index (χ1) is 7.75. The molecule has 4 nitrogen and oxygen atoms in total. The van der Waals surface area contributed by atoms with Gasteiger partial charge in [0.1, 0.15) is 0 Å². The van der Waals surface area contributed by atoms with Crippen molar-refractivity contribution in [3.8, 4) is 0 Å². The zero-order valence-corrected chi connectivity index (χ0v) is 12.9. The van der Waals surface area contributed by atoms with Crippen molar-refractivity contribution in [1.29, 1.82) is 0 Å². The van der Waals surface area contributed by atoms with Gasteiger partial charge < -0.3 is 10.6 Å². The van der Waals surface area contributed by atoms with Gasteiger partial charge in [-0.1, -0.05) is 0 Å². The van der Waals surface area contributed by atoms with Crippen LogP contribution in [0.2, 0.25) is 0 Å². The highest BCUT2D eigenvalue weighted by Crippen LogP contribution is 2.10. The smallest absolute Gasteiger partial charge is 0.253 e. The van der Waals surface area contributed by atoms with Crippen molar-refractivity contribution in [2.45, 2.75) is 18.9 Å². The van der Waals surface area contributed by atoms with Gasteiger partial charge in [-0.05, 0) is 41.4 Å². The van der Waals surface area contributed by atoms with Crippen LogP contribution in [0.25, 0.3) is 0 Å². The molecule has 1 amide bonds. The number of pyridine rings is 1. The van der Waals surface area contributed by atoms with E-state index in [0.29, 0.717) is 5.56 Å². The molecule has 7 heteroatoms. The van der Waals surface area contributed by atoms with Gasteiger partial charge in [-0.25, -0.2) is 0 Å². The highest BCUT2D eigenvalue weighted by atomic mass is 79.9. The Kier molecular flexibility index (Phi) is 8.52. The first-order valence-electron chi connectivity index (χ1n) is 5.38. The first-order valence-corrected chi connectivity index (χ1v) is 6.17. The number of nitrogens with zero attached hydrogens (tertiary/aromatic N) is 1. The zero-order chi connectivity index (χ0) is 11.4. The first kappa shape index (κ1) is 17.6. The molecule has 0 radical (unpaired) electrons. The summed E-state index contributed by atoms with van der Waals surface area (Å²) in [6, 6.07) is 2.01. The average molecular weight is 357 g/mol. The van der Waals surface area contributed by atoms with Crippen LogP contribution in [0.3, 0.4) is 0 Å². The third-order valence-electron chi connectivity index (χ3n) is 2.60. The number of hydrogen-bond acceptors (Lipinski definition) is 3. The molecule has 1 aliphatic heterocycles. The van der Waals surface area contributed by atoms with Crippen LogP contribution in [-0.2, 0) is 0 Å². The van der Waals surface area contributed by atoms with Crippen LogP contribution in [0.5, 0.6) is 0 Å². The highest BCUT2D eigenvalue weighted by molar-refractivity contribution is 9.10. The molecule has 1 aliphatic rings. The van der Waals surface area contributed by atoms with Gasteiger partial charge in [0.15, 0.2) is 0 Å². The molecule has 0 spiro atoms. The van der Waals surface area contributed by atoms with Gasteiger partial charge in [0.25, 0.3) is 5.91 Å². The molecule has 2 N–H and O–H groups in total. The standard InChI is InChI=1S/C11H14BrN3O.2ClH/c12-9-4-8(5-14-6-9)11(16)15-10-2-1-3-13-7-10;;/h4-6,10,13H,1-3,7H2,(H,15,16);2*1H/t10-;;/m0../s1. The molecule has 0 bridgehead atoms. The van der Waals surface area contributed by atoms with Crippen molar-refractivity contribution in [3.63, 3.8) is 0 Å². The van der Waals surface area contributed by atoms with Crippen LogP contribution in [0.1, 0.15) is 23.2 Å². The SMILES string of the molecule is Cl.Cl.O=C(N[C@H]1CCCNC1)c1cncc(Br)c1. The average Bonchev–Trinajstić information content (AvgIpc) is 2.30. The van der Waals surface area contributed by atoms with Gasteiger partial charge in [-0.2, -0.15) is 0 Å². The maximum atomic E-state index is 11.9. The lowest BCUT2D eigenvalue weighted by atomic mass is 10.1. The topological polar surface area (TPSA) is 54.0 Å². The Morgan fingerprint density at radius 2 is 2.22 bits per heavy atom. The van der Waals surface area contributed by atoms with E-state index >= 15 is 0 Å². The summed E-state index contributed by atoms with van der Waals surface area (Å²) in [4.78, 5) is 15.8. The molecule has 0 aromatic carbocycles. The van der Waals surface area contributed by atoms with Gasteiger partial charge in [0.05, 0.1) is 5.56 Å². The second kappa shape index (κ2) is 8.69. The van der Waals surface area contributed by atoms with Gasteiger partial charge in [-0.3, -0.25) is 9.78 Å². The van der Waals surface area contributed by atoms with Crippen LogP contribution in [0.15, 0.2) is 22.9 Å². The lowest BCUT2D eigenvalue weighted by molar-refractivity contribution is 0.0930. The molecule has 1 fully saturated rings. The predicted octanol–water partition coefficient (Wildman–Crippen LogP) is 2.17. The fourth-order valence-electron chi connectivity index (χ4n) is 1.78. The third kappa shape index (κ3) is 5.10. The molecular formula is C11H16BrCl2N3O. The molecule has 1 saturated heterocycles. The quantitative estimate of drug-likeness (QED) is 0.853.